The van der Waals surface area contributed by atoms with E-state index < -0.39 is 5.54 Å². The van der Waals surface area contributed by atoms with Crippen LogP contribution in [0.4, 0.5) is 5.82 Å². The molecule has 3 nitrogen and oxygen atoms in total. The Kier molecular flexibility index (Phi) is 5.08. The zero-order valence-electron chi connectivity index (χ0n) is 17.2. The van der Waals surface area contributed by atoms with Crippen LogP contribution in [-0.2, 0) is 5.54 Å². The molecule has 4 aromatic carbocycles. The van der Waals surface area contributed by atoms with Crippen LogP contribution >= 0.6 is 15.9 Å². The maximum atomic E-state index is 5.14. The van der Waals surface area contributed by atoms with Gasteiger partial charge in [0.15, 0.2) is 5.82 Å². The first-order valence-electron chi connectivity index (χ1n) is 10.3. The van der Waals surface area contributed by atoms with Crippen LogP contribution in [0.2, 0.25) is 0 Å². The van der Waals surface area contributed by atoms with Gasteiger partial charge in [-0.2, -0.15) is 5.10 Å². The zero-order chi connectivity index (χ0) is 21.3. The first-order valence-corrected chi connectivity index (χ1v) is 11.1. The van der Waals surface area contributed by atoms with Crippen LogP contribution in [0.5, 0.6) is 0 Å². The fraction of sp³-hybridized carbons (Fsp3) is 0.0741. The molecule has 4 heteroatoms. The lowest BCUT2D eigenvalue weighted by molar-refractivity contribution is 0.477. The summed E-state index contributed by atoms with van der Waals surface area (Å²) in [6, 6.07) is 38.2. The second-order valence-corrected chi connectivity index (χ2v) is 8.40. The standard InChI is InChI=1S/C27H22BrN3/c1-29-26-24-19-23(28)17-18-25(24)31(30-26)27(20-11-5-2-6-12-20,21-13-7-3-8-14-21)22-15-9-4-10-16-22/h2-19H,1H3,(H,29,30). The monoisotopic (exact) mass is 467 g/mol. The van der Waals surface area contributed by atoms with Crippen molar-refractivity contribution in [3.63, 3.8) is 0 Å². The lowest BCUT2D eigenvalue weighted by Gasteiger charge is -2.37. The lowest BCUT2D eigenvalue weighted by atomic mass is 9.77. The number of anilines is 1. The van der Waals surface area contributed by atoms with Gasteiger partial charge in [-0.15, -0.1) is 0 Å². The molecule has 1 N–H and O–H groups in total. The molecule has 0 unspecified atom stereocenters. The molecular formula is C27H22BrN3. The SMILES string of the molecule is CNc1nn(C(c2ccccc2)(c2ccccc2)c2ccccc2)c2ccc(Br)cc12. The van der Waals surface area contributed by atoms with Crippen LogP contribution < -0.4 is 5.32 Å². The van der Waals surface area contributed by atoms with Crippen molar-refractivity contribution >= 4 is 32.7 Å². The third kappa shape index (κ3) is 3.15. The summed E-state index contributed by atoms with van der Waals surface area (Å²) in [5.74, 6) is 0.850. The summed E-state index contributed by atoms with van der Waals surface area (Å²) in [7, 11) is 1.92. The molecule has 5 rings (SSSR count). The lowest BCUT2D eigenvalue weighted by Crippen LogP contribution is -2.38. The van der Waals surface area contributed by atoms with E-state index in [9.17, 15) is 0 Å². The van der Waals surface area contributed by atoms with Gasteiger partial charge in [-0.05, 0) is 34.9 Å². The number of benzene rings is 4. The van der Waals surface area contributed by atoms with Gasteiger partial charge in [-0.3, -0.25) is 0 Å². The van der Waals surface area contributed by atoms with Crippen molar-refractivity contribution < 1.29 is 0 Å². The van der Waals surface area contributed by atoms with Gasteiger partial charge in [0.05, 0.1) is 5.52 Å². The number of fused-ring (bicyclic) bond motifs is 1. The first-order chi connectivity index (χ1) is 15.2. The topological polar surface area (TPSA) is 29.9 Å². The number of rotatable bonds is 5. The van der Waals surface area contributed by atoms with Crippen LogP contribution in [0.3, 0.4) is 0 Å². The van der Waals surface area contributed by atoms with Crippen LogP contribution in [0.1, 0.15) is 16.7 Å². The molecule has 0 amide bonds. The van der Waals surface area contributed by atoms with Gasteiger partial charge < -0.3 is 5.32 Å². The number of hydrogen-bond acceptors (Lipinski definition) is 2. The molecule has 0 aliphatic heterocycles. The van der Waals surface area contributed by atoms with Gasteiger partial charge >= 0.3 is 0 Å². The minimum Gasteiger partial charge on any atom is -0.371 e. The molecule has 0 saturated heterocycles. The average molecular weight is 468 g/mol. The molecular weight excluding hydrogens is 446 g/mol. The fourth-order valence-corrected chi connectivity index (χ4v) is 4.80. The number of hydrogen-bond donors (Lipinski definition) is 1. The Balaban J connectivity index is 1.98. The Labute approximate surface area is 190 Å². The number of nitrogens with zero attached hydrogens (tertiary/aromatic N) is 2. The molecule has 0 aliphatic rings. The van der Waals surface area contributed by atoms with E-state index in [1.54, 1.807) is 0 Å². The Bertz CT molecular complexity index is 1220. The third-order valence-electron chi connectivity index (χ3n) is 5.77. The molecule has 0 radical (unpaired) electrons. The minimum atomic E-state index is -0.634. The fourth-order valence-electron chi connectivity index (χ4n) is 4.44. The Hall–Kier alpha value is -3.37. The van der Waals surface area contributed by atoms with E-state index in [4.69, 9.17) is 5.10 Å². The molecule has 1 heterocycles. The van der Waals surface area contributed by atoms with E-state index >= 15 is 0 Å². The summed E-state index contributed by atoms with van der Waals surface area (Å²) in [5.41, 5.74) is 3.89. The van der Waals surface area contributed by atoms with E-state index in [1.807, 2.05) is 7.05 Å². The predicted molar refractivity (Wildman–Crippen MR) is 132 cm³/mol. The third-order valence-corrected chi connectivity index (χ3v) is 6.26. The van der Waals surface area contributed by atoms with Crippen LogP contribution in [0.25, 0.3) is 10.9 Å². The highest BCUT2D eigenvalue weighted by atomic mass is 79.9. The van der Waals surface area contributed by atoms with Crippen molar-refractivity contribution in [1.29, 1.82) is 0 Å². The van der Waals surface area contributed by atoms with Gasteiger partial charge in [-0.25, -0.2) is 4.68 Å². The van der Waals surface area contributed by atoms with Gasteiger partial charge in [0.1, 0.15) is 5.54 Å². The van der Waals surface area contributed by atoms with Crippen molar-refractivity contribution in [2.75, 3.05) is 12.4 Å². The summed E-state index contributed by atoms with van der Waals surface area (Å²) in [6.45, 7) is 0. The van der Waals surface area contributed by atoms with Crippen molar-refractivity contribution in [2.24, 2.45) is 0 Å². The van der Waals surface area contributed by atoms with Crippen LogP contribution in [0.15, 0.2) is 114 Å². The molecule has 152 valence electrons. The summed E-state index contributed by atoms with van der Waals surface area (Å²) in [4.78, 5) is 0. The molecule has 0 aliphatic carbocycles. The van der Waals surface area contributed by atoms with E-state index in [1.165, 1.54) is 0 Å². The minimum absolute atomic E-state index is 0.634. The molecule has 0 saturated carbocycles. The number of nitrogens with one attached hydrogen (secondary N) is 1. The largest absolute Gasteiger partial charge is 0.371 e. The van der Waals surface area contributed by atoms with Gasteiger partial charge in [0.25, 0.3) is 0 Å². The average Bonchev–Trinajstić information content (AvgIpc) is 3.20. The number of aromatic nitrogens is 2. The van der Waals surface area contributed by atoms with Crippen molar-refractivity contribution in [3.05, 3.63) is 130 Å². The second-order valence-electron chi connectivity index (χ2n) is 7.48. The highest BCUT2D eigenvalue weighted by molar-refractivity contribution is 9.10. The molecule has 0 bridgehead atoms. The molecule has 31 heavy (non-hydrogen) atoms. The molecule has 0 atom stereocenters. The summed E-state index contributed by atoms with van der Waals surface area (Å²) < 4.78 is 3.20. The number of halogens is 1. The van der Waals surface area contributed by atoms with E-state index in [2.05, 4.69) is 135 Å². The van der Waals surface area contributed by atoms with Crippen LogP contribution in [-0.4, -0.2) is 16.8 Å². The first kappa shape index (κ1) is 19.6. The van der Waals surface area contributed by atoms with Gasteiger partial charge in [-0.1, -0.05) is 107 Å². The Morgan fingerprint density at radius 1 is 0.710 bits per heavy atom. The maximum Gasteiger partial charge on any atom is 0.155 e. The van der Waals surface area contributed by atoms with E-state index in [-0.39, 0.29) is 0 Å². The van der Waals surface area contributed by atoms with Crippen molar-refractivity contribution in [2.45, 2.75) is 5.54 Å². The summed E-state index contributed by atoms with van der Waals surface area (Å²) in [5, 5.41) is 9.50. The van der Waals surface area contributed by atoms with Crippen LogP contribution in [0, 0.1) is 0 Å². The quantitative estimate of drug-likeness (QED) is 0.292. The molecule has 1 aromatic heterocycles. The zero-order valence-corrected chi connectivity index (χ0v) is 18.8. The Morgan fingerprint density at radius 3 is 1.65 bits per heavy atom. The summed E-state index contributed by atoms with van der Waals surface area (Å²) >= 11 is 3.63. The highest BCUT2D eigenvalue weighted by Gasteiger charge is 2.40. The van der Waals surface area contributed by atoms with E-state index in [0.717, 1.165) is 37.9 Å². The van der Waals surface area contributed by atoms with Gasteiger partial charge in [0, 0.05) is 16.9 Å². The normalized spacial score (nSPS) is 11.5. The predicted octanol–water partition coefficient (Wildman–Crippen LogP) is 6.68. The van der Waals surface area contributed by atoms with Crippen molar-refractivity contribution in [1.82, 2.24) is 9.78 Å². The van der Waals surface area contributed by atoms with E-state index in [0.29, 0.717) is 0 Å². The van der Waals surface area contributed by atoms with Gasteiger partial charge in [0.2, 0.25) is 0 Å². The Morgan fingerprint density at radius 2 is 1.19 bits per heavy atom. The smallest absolute Gasteiger partial charge is 0.155 e. The second kappa shape index (κ2) is 8.05. The molecule has 0 fully saturated rings. The summed E-state index contributed by atoms with van der Waals surface area (Å²) in [6.07, 6.45) is 0. The maximum absolute atomic E-state index is 5.14. The molecule has 0 spiro atoms. The van der Waals surface area contributed by atoms with Crippen molar-refractivity contribution in [3.8, 4) is 0 Å². The highest BCUT2D eigenvalue weighted by Crippen LogP contribution is 2.43. The molecule has 5 aromatic rings.